The van der Waals surface area contributed by atoms with Crippen LogP contribution in [-0.2, 0) is 4.79 Å². The van der Waals surface area contributed by atoms with Gasteiger partial charge in [0.25, 0.3) is 0 Å². The average Bonchev–Trinajstić information content (AvgIpc) is 2.27. The van der Waals surface area contributed by atoms with Crippen LogP contribution in [0.5, 0.6) is 0 Å². The number of anilines is 1. The molecule has 10 heteroatoms. The van der Waals surface area contributed by atoms with Crippen LogP contribution in [-0.4, -0.2) is 23.9 Å². The molecule has 21 heavy (non-hydrogen) atoms. The molecule has 0 fully saturated rings. The van der Waals surface area contributed by atoms with Crippen LogP contribution in [0, 0.1) is 0 Å². The third-order valence-electron chi connectivity index (χ3n) is 2.41. The van der Waals surface area contributed by atoms with Gasteiger partial charge in [-0.15, -0.1) is 0 Å². The van der Waals surface area contributed by atoms with Gasteiger partial charge in [0.15, 0.2) is 0 Å². The lowest BCUT2D eigenvalue weighted by molar-refractivity contribution is -0.295. The molecule has 1 rings (SSSR count). The molecule has 0 saturated heterocycles. The third kappa shape index (κ3) is 3.52. The van der Waals surface area contributed by atoms with Crippen molar-refractivity contribution in [3.8, 4) is 0 Å². The molecule has 0 aromatic heterocycles. The van der Waals surface area contributed by atoms with E-state index in [2.05, 4.69) is 0 Å². The van der Waals surface area contributed by atoms with Crippen molar-refractivity contribution in [1.82, 2.24) is 5.32 Å². The number of alkyl halides is 6. The number of carbonyl (C=O) groups is 1. The van der Waals surface area contributed by atoms with E-state index in [1.807, 2.05) is 0 Å². The fourth-order valence-electron chi connectivity index (χ4n) is 1.50. The summed E-state index contributed by atoms with van der Waals surface area (Å²) in [7, 11) is 0. The van der Waals surface area contributed by atoms with Crippen LogP contribution in [0.3, 0.4) is 0 Å². The number of hydrogen-bond acceptors (Lipinski definition) is 2. The molecule has 118 valence electrons. The molecule has 0 atom stereocenters. The number of benzene rings is 1. The molecule has 0 unspecified atom stereocenters. The Hall–Kier alpha value is -1.64. The highest BCUT2D eigenvalue weighted by atomic mass is 35.5. The number of hydrogen-bond donors (Lipinski definition) is 2. The maximum atomic E-state index is 13.0. The highest BCUT2D eigenvalue weighted by Gasteiger charge is 2.72. The van der Waals surface area contributed by atoms with Crippen LogP contribution in [0.2, 0.25) is 5.02 Å². The first-order valence-corrected chi connectivity index (χ1v) is 5.73. The topological polar surface area (TPSA) is 41.1 Å². The summed E-state index contributed by atoms with van der Waals surface area (Å²) < 4.78 is 78.1. The molecule has 0 spiro atoms. The molecule has 0 aliphatic heterocycles. The van der Waals surface area contributed by atoms with Gasteiger partial charge in [-0.2, -0.15) is 26.3 Å². The van der Waals surface area contributed by atoms with Crippen molar-refractivity contribution in [2.75, 3.05) is 5.32 Å². The Morgan fingerprint density at radius 2 is 1.52 bits per heavy atom. The summed E-state index contributed by atoms with van der Waals surface area (Å²) in [6, 6.07) is 4.56. The van der Waals surface area contributed by atoms with Crippen molar-refractivity contribution >= 4 is 23.2 Å². The summed E-state index contributed by atoms with van der Waals surface area (Å²) in [5, 5.41) is 1.79. The number of amides is 1. The maximum absolute atomic E-state index is 13.0. The smallest absolute Gasteiger partial charge is 0.346 e. The Balaban J connectivity index is 3.43. The maximum Gasteiger partial charge on any atom is 0.439 e. The molecule has 0 radical (unpaired) electrons. The number of para-hydroxylation sites is 1. The standard InChI is InChI=1S/C11H9ClF6N2O/c1-6(21)19-9(10(13,14)15,11(16,17)18)20-8-5-3-2-4-7(8)12/h2-5,20H,1H3,(H,19,21). The summed E-state index contributed by atoms with van der Waals surface area (Å²) in [6.07, 6.45) is -11.7. The van der Waals surface area contributed by atoms with Crippen LogP contribution in [0.1, 0.15) is 6.92 Å². The van der Waals surface area contributed by atoms with E-state index in [0.717, 1.165) is 17.4 Å². The van der Waals surface area contributed by atoms with Gasteiger partial charge in [0.1, 0.15) is 0 Å². The summed E-state index contributed by atoms with van der Waals surface area (Å²) >= 11 is 5.56. The molecule has 0 bridgehead atoms. The summed E-state index contributed by atoms with van der Waals surface area (Å²) in [5.41, 5.74) is -5.26. The minimum atomic E-state index is -5.85. The lowest BCUT2D eigenvalue weighted by Crippen LogP contribution is -2.72. The van der Waals surface area contributed by atoms with Crippen LogP contribution in [0.15, 0.2) is 24.3 Å². The Bertz CT molecular complexity index is 514. The zero-order valence-electron chi connectivity index (χ0n) is 10.4. The second kappa shape index (κ2) is 5.63. The van der Waals surface area contributed by atoms with Gasteiger partial charge in [0.05, 0.1) is 10.7 Å². The molecule has 0 aliphatic rings. The zero-order chi connectivity index (χ0) is 16.5. The molecule has 1 aromatic rings. The first kappa shape index (κ1) is 17.4. The van der Waals surface area contributed by atoms with Crippen molar-refractivity contribution in [2.24, 2.45) is 0 Å². The Kier molecular flexibility index (Phi) is 4.66. The van der Waals surface area contributed by atoms with Gasteiger partial charge in [-0.3, -0.25) is 4.79 Å². The number of rotatable bonds is 3. The second-order valence-corrected chi connectivity index (χ2v) is 4.44. The largest absolute Gasteiger partial charge is 0.439 e. The van der Waals surface area contributed by atoms with Crippen molar-refractivity contribution in [3.63, 3.8) is 0 Å². The van der Waals surface area contributed by atoms with Gasteiger partial charge in [-0.05, 0) is 12.1 Å². The zero-order valence-corrected chi connectivity index (χ0v) is 11.1. The van der Waals surface area contributed by atoms with Crippen molar-refractivity contribution in [2.45, 2.75) is 24.9 Å². The van der Waals surface area contributed by atoms with Gasteiger partial charge >= 0.3 is 18.0 Å². The van der Waals surface area contributed by atoms with Crippen LogP contribution >= 0.6 is 11.6 Å². The highest BCUT2D eigenvalue weighted by molar-refractivity contribution is 6.33. The fraction of sp³-hybridized carbons (Fsp3) is 0.364. The molecule has 1 amide bonds. The van der Waals surface area contributed by atoms with E-state index in [1.165, 1.54) is 17.4 Å². The minimum Gasteiger partial charge on any atom is -0.346 e. The Labute approximate surface area is 120 Å². The van der Waals surface area contributed by atoms with E-state index in [1.54, 1.807) is 0 Å². The van der Waals surface area contributed by atoms with Crippen molar-refractivity contribution in [3.05, 3.63) is 29.3 Å². The minimum absolute atomic E-state index is 0.360. The van der Waals surface area contributed by atoms with Gasteiger partial charge in [-0.25, -0.2) is 0 Å². The predicted molar refractivity (Wildman–Crippen MR) is 63.7 cm³/mol. The Morgan fingerprint density at radius 1 is 1.05 bits per heavy atom. The summed E-state index contributed by atoms with van der Waals surface area (Å²) in [5.74, 6) is -1.51. The van der Waals surface area contributed by atoms with E-state index in [-0.39, 0.29) is 5.02 Å². The van der Waals surface area contributed by atoms with E-state index in [4.69, 9.17) is 11.6 Å². The lowest BCUT2D eigenvalue weighted by atomic mass is 10.1. The molecule has 2 N–H and O–H groups in total. The molecular weight excluding hydrogens is 326 g/mol. The van der Waals surface area contributed by atoms with E-state index >= 15 is 0 Å². The second-order valence-electron chi connectivity index (χ2n) is 4.03. The Morgan fingerprint density at radius 3 is 1.90 bits per heavy atom. The van der Waals surface area contributed by atoms with Gasteiger partial charge < -0.3 is 10.6 Å². The van der Waals surface area contributed by atoms with Gasteiger partial charge in [0.2, 0.25) is 5.91 Å². The third-order valence-corrected chi connectivity index (χ3v) is 2.74. The number of carbonyl (C=O) groups excluding carboxylic acids is 1. The summed E-state index contributed by atoms with van der Waals surface area (Å²) in [6.45, 7) is 0.542. The van der Waals surface area contributed by atoms with Crippen molar-refractivity contribution in [1.29, 1.82) is 0 Å². The molecule has 0 heterocycles. The number of halogens is 7. The quantitative estimate of drug-likeness (QED) is 0.653. The normalized spacial score (nSPS) is 13.0. The predicted octanol–water partition coefficient (Wildman–Crippen LogP) is 3.71. The van der Waals surface area contributed by atoms with Crippen LogP contribution in [0.25, 0.3) is 0 Å². The lowest BCUT2D eigenvalue weighted by Gasteiger charge is -2.38. The molecular formula is C11H9ClF6N2O. The van der Waals surface area contributed by atoms with Crippen LogP contribution < -0.4 is 10.6 Å². The highest BCUT2D eigenvalue weighted by Crippen LogP contribution is 2.44. The number of nitrogens with one attached hydrogen (secondary N) is 2. The SMILES string of the molecule is CC(=O)NC(Nc1ccccc1Cl)(C(F)(F)F)C(F)(F)F. The first-order valence-electron chi connectivity index (χ1n) is 5.35. The van der Waals surface area contributed by atoms with E-state index < -0.39 is 29.6 Å². The van der Waals surface area contributed by atoms with Gasteiger partial charge in [0, 0.05) is 6.92 Å². The van der Waals surface area contributed by atoms with Gasteiger partial charge in [-0.1, -0.05) is 23.7 Å². The summed E-state index contributed by atoms with van der Waals surface area (Å²) in [4.78, 5) is 10.8. The van der Waals surface area contributed by atoms with Crippen molar-refractivity contribution < 1.29 is 31.1 Å². The molecule has 1 aromatic carbocycles. The first-order chi connectivity index (χ1) is 9.41. The molecule has 0 saturated carbocycles. The fourth-order valence-corrected chi connectivity index (χ4v) is 1.69. The van der Waals surface area contributed by atoms with E-state index in [9.17, 15) is 31.1 Å². The molecule has 0 aliphatic carbocycles. The van der Waals surface area contributed by atoms with Crippen LogP contribution in [0.4, 0.5) is 32.0 Å². The average molecular weight is 335 g/mol. The molecule has 3 nitrogen and oxygen atoms in total. The van der Waals surface area contributed by atoms with E-state index in [0.29, 0.717) is 6.92 Å². The monoisotopic (exact) mass is 334 g/mol.